The van der Waals surface area contributed by atoms with E-state index >= 15 is 0 Å². The van der Waals surface area contributed by atoms with Crippen LogP contribution in [0, 0.1) is 17.3 Å². The predicted octanol–water partition coefficient (Wildman–Crippen LogP) is 5.55. The Morgan fingerprint density at radius 3 is 2.37 bits per heavy atom. The molecule has 3 N–H and O–H groups in total. The summed E-state index contributed by atoms with van der Waals surface area (Å²) in [5, 5.41) is 30.0. The first kappa shape index (κ1) is 24.4. The highest BCUT2D eigenvalue weighted by atomic mass is 16.4. The number of carboxylic acid groups (broad SMARTS) is 1. The van der Waals surface area contributed by atoms with Crippen LogP contribution in [0.5, 0.6) is 0 Å². The van der Waals surface area contributed by atoms with Crippen LogP contribution in [-0.2, 0) is 4.79 Å². The van der Waals surface area contributed by atoms with Crippen LogP contribution in [0.3, 0.4) is 0 Å². The van der Waals surface area contributed by atoms with Gasteiger partial charge in [-0.2, -0.15) is 0 Å². The van der Waals surface area contributed by atoms with Gasteiger partial charge < -0.3 is 15.3 Å². The van der Waals surface area contributed by atoms with Gasteiger partial charge in [0.2, 0.25) is 0 Å². The molecule has 1 aliphatic rings. The fourth-order valence-corrected chi connectivity index (χ4v) is 4.79. The average molecular weight is 385 g/mol. The molecule has 1 saturated carbocycles. The third-order valence-electron chi connectivity index (χ3n) is 6.46. The Morgan fingerprint density at radius 1 is 1.04 bits per heavy atom. The maximum absolute atomic E-state index is 10.9. The first-order valence-corrected chi connectivity index (χ1v) is 11.3. The van der Waals surface area contributed by atoms with Gasteiger partial charge in [0, 0.05) is 0 Å². The van der Waals surface area contributed by atoms with E-state index in [1.165, 1.54) is 32.1 Å². The van der Waals surface area contributed by atoms with Crippen LogP contribution in [0.25, 0.3) is 0 Å². The molecule has 1 fully saturated rings. The zero-order valence-corrected chi connectivity index (χ0v) is 18.0. The minimum atomic E-state index is -0.732. The molecule has 0 aromatic heterocycles. The lowest BCUT2D eigenvalue weighted by Crippen LogP contribution is -2.28. The molecule has 0 aromatic rings. The highest BCUT2D eigenvalue weighted by Crippen LogP contribution is 2.39. The number of unbranched alkanes of at least 4 members (excludes halogenated alkanes) is 6. The molecule has 0 saturated heterocycles. The van der Waals surface area contributed by atoms with E-state index in [0.29, 0.717) is 0 Å². The zero-order chi connectivity index (χ0) is 20.3. The first-order chi connectivity index (χ1) is 12.8. The van der Waals surface area contributed by atoms with E-state index in [2.05, 4.69) is 6.92 Å². The number of aliphatic hydroxyl groups excluding tert-OH is 2. The molecule has 0 aromatic carbocycles. The molecular weight excluding hydrogens is 340 g/mol. The standard InChI is InChI=1S/C23H44O4/c1-4-5-6-7-8-9-13-20(24)19-14-15-21(25)18(19)12-10-11-16-23(2,3)17-22(26)27/h18-21,24-25H,4-17H2,1-3H3,(H,26,27). The quantitative estimate of drug-likeness (QED) is 0.324. The second-order valence-corrected chi connectivity index (χ2v) is 9.58. The SMILES string of the molecule is CCCCCCCCC(O)C1CCC(O)C1CCCCC(C)(C)CC(=O)O. The van der Waals surface area contributed by atoms with Gasteiger partial charge in [-0.05, 0) is 49.4 Å². The van der Waals surface area contributed by atoms with E-state index in [0.717, 1.165) is 51.4 Å². The van der Waals surface area contributed by atoms with Crippen molar-refractivity contribution in [3.05, 3.63) is 0 Å². The van der Waals surface area contributed by atoms with Crippen molar-refractivity contribution in [1.82, 2.24) is 0 Å². The Bertz CT molecular complexity index is 407. The summed E-state index contributed by atoms with van der Waals surface area (Å²) in [6.45, 7) is 6.25. The van der Waals surface area contributed by atoms with Gasteiger partial charge in [-0.1, -0.05) is 72.1 Å². The van der Waals surface area contributed by atoms with Crippen LogP contribution < -0.4 is 0 Å². The molecule has 4 heteroatoms. The van der Waals surface area contributed by atoms with Crippen molar-refractivity contribution in [3.63, 3.8) is 0 Å². The summed E-state index contributed by atoms with van der Waals surface area (Å²) in [7, 11) is 0. The molecule has 4 unspecified atom stereocenters. The van der Waals surface area contributed by atoms with Crippen LogP contribution in [-0.4, -0.2) is 33.5 Å². The topological polar surface area (TPSA) is 77.8 Å². The maximum Gasteiger partial charge on any atom is 0.303 e. The van der Waals surface area contributed by atoms with Crippen molar-refractivity contribution >= 4 is 5.97 Å². The molecule has 4 nitrogen and oxygen atoms in total. The van der Waals surface area contributed by atoms with Crippen molar-refractivity contribution in [2.75, 3.05) is 0 Å². The monoisotopic (exact) mass is 384 g/mol. The van der Waals surface area contributed by atoms with Crippen LogP contribution in [0.15, 0.2) is 0 Å². The van der Waals surface area contributed by atoms with E-state index in [9.17, 15) is 15.0 Å². The summed E-state index contributed by atoms with van der Waals surface area (Å²) >= 11 is 0. The minimum Gasteiger partial charge on any atom is -0.481 e. The summed E-state index contributed by atoms with van der Waals surface area (Å²) in [4.78, 5) is 10.9. The largest absolute Gasteiger partial charge is 0.481 e. The molecule has 27 heavy (non-hydrogen) atoms. The van der Waals surface area contributed by atoms with Crippen LogP contribution in [0.2, 0.25) is 0 Å². The van der Waals surface area contributed by atoms with E-state index in [1.807, 2.05) is 13.8 Å². The Kier molecular flexibility index (Phi) is 11.6. The van der Waals surface area contributed by atoms with Crippen molar-refractivity contribution in [2.45, 2.75) is 123 Å². The molecular formula is C23H44O4. The van der Waals surface area contributed by atoms with Crippen LogP contribution >= 0.6 is 0 Å². The van der Waals surface area contributed by atoms with Gasteiger partial charge in [0.15, 0.2) is 0 Å². The second-order valence-electron chi connectivity index (χ2n) is 9.58. The molecule has 0 heterocycles. The molecule has 1 aliphatic carbocycles. The van der Waals surface area contributed by atoms with Gasteiger partial charge in [0.25, 0.3) is 0 Å². The van der Waals surface area contributed by atoms with Gasteiger partial charge in [0.1, 0.15) is 0 Å². The fourth-order valence-electron chi connectivity index (χ4n) is 4.79. The lowest BCUT2D eigenvalue weighted by Gasteiger charge is -2.27. The number of rotatable bonds is 15. The van der Waals surface area contributed by atoms with Gasteiger partial charge >= 0.3 is 5.97 Å². The molecule has 4 atom stereocenters. The summed E-state index contributed by atoms with van der Waals surface area (Å²) in [6, 6.07) is 0. The second kappa shape index (κ2) is 12.8. The molecule has 0 radical (unpaired) electrons. The highest BCUT2D eigenvalue weighted by molar-refractivity contribution is 5.67. The summed E-state index contributed by atoms with van der Waals surface area (Å²) in [5.41, 5.74) is -0.170. The number of aliphatic carboxylic acids is 1. The lowest BCUT2D eigenvalue weighted by molar-refractivity contribution is -0.139. The van der Waals surface area contributed by atoms with Gasteiger partial charge in [-0.3, -0.25) is 4.79 Å². The molecule has 0 spiro atoms. The third-order valence-corrected chi connectivity index (χ3v) is 6.46. The van der Waals surface area contributed by atoms with Crippen molar-refractivity contribution in [2.24, 2.45) is 17.3 Å². The minimum absolute atomic E-state index is 0.170. The summed E-state index contributed by atoms with van der Waals surface area (Å²) < 4.78 is 0. The van der Waals surface area contributed by atoms with Crippen molar-refractivity contribution < 1.29 is 20.1 Å². The summed E-state index contributed by atoms with van der Waals surface area (Å²) in [5.74, 6) is -0.283. The maximum atomic E-state index is 10.9. The van der Waals surface area contributed by atoms with Gasteiger partial charge in [-0.25, -0.2) is 0 Å². The number of aliphatic hydroxyl groups is 2. The molecule has 0 aliphatic heterocycles. The fraction of sp³-hybridized carbons (Fsp3) is 0.957. The van der Waals surface area contributed by atoms with E-state index in [4.69, 9.17) is 5.11 Å². The normalized spacial score (nSPS) is 24.3. The Hall–Kier alpha value is -0.610. The first-order valence-electron chi connectivity index (χ1n) is 11.3. The zero-order valence-electron chi connectivity index (χ0n) is 18.0. The smallest absolute Gasteiger partial charge is 0.303 e. The van der Waals surface area contributed by atoms with E-state index < -0.39 is 5.97 Å². The lowest BCUT2D eigenvalue weighted by atomic mass is 9.81. The molecule has 0 amide bonds. The van der Waals surface area contributed by atoms with Crippen molar-refractivity contribution in [3.8, 4) is 0 Å². The van der Waals surface area contributed by atoms with E-state index in [1.54, 1.807) is 0 Å². The Morgan fingerprint density at radius 2 is 1.70 bits per heavy atom. The molecule has 1 rings (SSSR count). The Labute approximate surface area is 166 Å². The van der Waals surface area contributed by atoms with Crippen molar-refractivity contribution in [1.29, 1.82) is 0 Å². The third kappa shape index (κ3) is 9.94. The number of carboxylic acids is 1. The Balaban J connectivity index is 2.30. The molecule has 0 bridgehead atoms. The van der Waals surface area contributed by atoms with E-state index in [-0.39, 0.29) is 35.9 Å². The highest BCUT2D eigenvalue weighted by Gasteiger charge is 2.38. The number of carbonyl (C=O) groups is 1. The molecule has 160 valence electrons. The van der Waals surface area contributed by atoms with Crippen LogP contribution in [0.1, 0.15) is 111 Å². The average Bonchev–Trinajstić information content (AvgIpc) is 2.94. The van der Waals surface area contributed by atoms with Gasteiger partial charge in [-0.15, -0.1) is 0 Å². The van der Waals surface area contributed by atoms with Crippen LogP contribution in [0.4, 0.5) is 0 Å². The number of hydrogen-bond donors (Lipinski definition) is 3. The predicted molar refractivity (Wildman–Crippen MR) is 111 cm³/mol. The summed E-state index contributed by atoms with van der Waals surface area (Å²) in [6.07, 6.45) is 13.5. The number of hydrogen-bond acceptors (Lipinski definition) is 3. The van der Waals surface area contributed by atoms with Gasteiger partial charge in [0.05, 0.1) is 18.6 Å².